The average molecular weight is 245 g/mol. The van der Waals surface area contributed by atoms with Gasteiger partial charge in [0.15, 0.2) is 0 Å². The third kappa shape index (κ3) is 2.23. The van der Waals surface area contributed by atoms with E-state index in [1.165, 1.54) is 6.42 Å². The van der Waals surface area contributed by atoms with E-state index in [1.54, 1.807) is 6.20 Å². The summed E-state index contributed by atoms with van der Waals surface area (Å²) in [5, 5.41) is 3.42. The molecule has 18 heavy (non-hydrogen) atoms. The monoisotopic (exact) mass is 245 g/mol. The van der Waals surface area contributed by atoms with E-state index in [0.717, 1.165) is 37.7 Å². The third-order valence-corrected chi connectivity index (χ3v) is 3.61. The molecule has 1 fully saturated rings. The summed E-state index contributed by atoms with van der Waals surface area (Å²) in [4.78, 5) is 11.3. The number of fused-ring (bicyclic) bond motifs is 1. The summed E-state index contributed by atoms with van der Waals surface area (Å²) >= 11 is 0. The molecule has 0 bridgehead atoms. The highest BCUT2D eigenvalue weighted by Gasteiger charge is 2.21. The first-order chi connectivity index (χ1) is 8.86. The molecule has 1 saturated heterocycles. The van der Waals surface area contributed by atoms with Gasteiger partial charge in [0, 0.05) is 37.7 Å². The third-order valence-electron chi connectivity index (χ3n) is 3.61. The van der Waals surface area contributed by atoms with Gasteiger partial charge < -0.3 is 5.32 Å². The predicted octanol–water partition coefficient (Wildman–Crippen LogP) is 0.913. The van der Waals surface area contributed by atoms with Crippen LogP contribution in [0.1, 0.15) is 19.0 Å². The molecule has 0 amide bonds. The van der Waals surface area contributed by atoms with Gasteiger partial charge in [-0.3, -0.25) is 9.30 Å². The molecule has 0 spiro atoms. The van der Waals surface area contributed by atoms with Crippen molar-refractivity contribution in [3.63, 3.8) is 0 Å². The highest BCUT2D eigenvalue weighted by molar-refractivity contribution is 5.29. The minimum Gasteiger partial charge on any atom is -0.315 e. The number of likely N-dealkylation sites (N-methyl/N-ethyl adjacent to an activating group) is 1. The Morgan fingerprint density at radius 2 is 2.50 bits per heavy atom. The number of hydrogen-bond donors (Lipinski definition) is 1. The molecular weight excluding hydrogens is 226 g/mol. The van der Waals surface area contributed by atoms with Gasteiger partial charge >= 0.3 is 0 Å². The van der Waals surface area contributed by atoms with Gasteiger partial charge in [-0.25, -0.2) is 9.97 Å². The van der Waals surface area contributed by atoms with Crippen LogP contribution in [0.15, 0.2) is 24.7 Å². The molecule has 0 radical (unpaired) electrons. The summed E-state index contributed by atoms with van der Waals surface area (Å²) in [7, 11) is 0. The lowest BCUT2D eigenvalue weighted by Gasteiger charge is -2.25. The van der Waals surface area contributed by atoms with E-state index < -0.39 is 0 Å². The van der Waals surface area contributed by atoms with Crippen LogP contribution in [0.3, 0.4) is 0 Å². The highest BCUT2D eigenvalue weighted by atomic mass is 15.2. The molecule has 2 aromatic rings. The number of nitrogens with zero attached hydrogens (tertiary/aromatic N) is 4. The highest BCUT2D eigenvalue weighted by Crippen LogP contribution is 2.12. The summed E-state index contributed by atoms with van der Waals surface area (Å²) < 4.78 is 1.98. The van der Waals surface area contributed by atoms with Crippen LogP contribution in [0.4, 0.5) is 0 Å². The first kappa shape index (κ1) is 11.6. The lowest BCUT2D eigenvalue weighted by atomic mass is 10.2. The Hall–Kier alpha value is -1.46. The van der Waals surface area contributed by atoms with Crippen molar-refractivity contribution in [2.45, 2.75) is 25.9 Å². The fourth-order valence-electron chi connectivity index (χ4n) is 2.61. The lowest BCUT2D eigenvalue weighted by Crippen LogP contribution is -2.36. The van der Waals surface area contributed by atoms with Crippen molar-refractivity contribution in [1.29, 1.82) is 0 Å². The van der Waals surface area contributed by atoms with Crippen molar-refractivity contribution < 1.29 is 0 Å². The molecule has 3 rings (SSSR count). The van der Waals surface area contributed by atoms with E-state index in [-0.39, 0.29) is 0 Å². The van der Waals surface area contributed by atoms with E-state index in [4.69, 9.17) is 0 Å². The molecule has 5 nitrogen and oxygen atoms in total. The standard InChI is InChI=1S/C13H19N5/c1-2-17(12-4-6-14-8-12)9-11-10-18-7-3-5-15-13(18)16-11/h3,5,7,10,12,14H,2,4,6,8-9H2,1H3. The number of imidazole rings is 1. The topological polar surface area (TPSA) is 45.5 Å². The van der Waals surface area contributed by atoms with E-state index >= 15 is 0 Å². The van der Waals surface area contributed by atoms with Crippen molar-refractivity contribution in [2.24, 2.45) is 0 Å². The number of hydrogen-bond acceptors (Lipinski definition) is 4. The molecule has 2 aromatic heterocycles. The zero-order chi connectivity index (χ0) is 12.4. The van der Waals surface area contributed by atoms with Crippen molar-refractivity contribution in [2.75, 3.05) is 19.6 Å². The maximum atomic E-state index is 4.56. The van der Waals surface area contributed by atoms with E-state index in [9.17, 15) is 0 Å². The van der Waals surface area contributed by atoms with Crippen LogP contribution in [-0.4, -0.2) is 44.9 Å². The summed E-state index contributed by atoms with van der Waals surface area (Å²) in [6.45, 7) is 6.42. The second kappa shape index (κ2) is 5.04. The lowest BCUT2D eigenvalue weighted by molar-refractivity contribution is 0.208. The Kier molecular flexibility index (Phi) is 3.25. The second-order valence-corrected chi connectivity index (χ2v) is 4.77. The number of aromatic nitrogens is 3. The summed E-state index contributed by atoms with van der Waals surface area (Å²) in [6, 6.07) is 2.57. The minimum atomic E-state index is 0.646. The predicted molar refractivity (Wildman–Crippen MR) is 70.3 cm³/mol. The fourth-order valence-corrected chi connectivity index (χ4v) is 2.61. The first-order valence-electron chi connectivity index (χ1n) is 6.60. The summed E-state index contributed by atoms with van der Waals surface area (Å²) in [6.07, 6.45) is 7.09. The average Bonchev–Trinajstić information content (AvgIpc) is 3.04. The van der Waals surface area contributed by atoms with Crippen LogP contribution >= 0.6 is 0 Å². The SMILES string of the molecule is CCN(Cc1cn2cccnc2n1)C1CCNC1. The maximum absolute atomic E-state index is 4.56. The Morgan fingerprint density at radius 1 is 1.56 bits per heavy atom. The maximum Gasteiger partial charge on any atom is 0.233 e. The largest absolute Gasteiger partial charge is 0.315 e. The van der Waals surface area contributed by atoms with Crippen LogP contribution < -0.4 is 5.32 Å². The van der Waals surface area contributed by atoms with Crippen LogP contribution in [0.2, 0.25) is 0 Å². The molecule has 1 aliphatic heterocycles. The Balaban J connectivity index is 1.77. The Morgan fingerprint density at radius 3 is 3.22 bits per heavy atom. The van der Waals surface area contributed by atoms with Crippen LogP contribution in [0.5, 0.6) is 0 Å². The van der Waals surface area contributed by atoms with Crippen LogP contribution in [0, 0.1) is 0 Å². The van der Waals surface area contributed by atoms with Crippen molar-refractivity contribution in [3.05, 3.63) is 30.4 Å². The van der Waals surface area contributed by atoms with Gasteiger partial charge in [0.05, 0.1) is 5.69 Å². The van der Waals surface area contributed by atoms with E-state index in [1.807, 2.05) is 16.7 Å². The van der Waals surface area contributed by atoms with Crippen molar-refractivity contribution in [3.8, 4) is 0 Å². The minimum absolute atomic E-state index is 0.646. The fraction of sp³-hybridized carbons (Fsp3) is 0.538. The second-order valence-electron chi connectivity index (χ2n) is 4.77. The van der Waals surface area contributed by atoms with Crippen LogP contribution in [0.25, 0.3) is 5.78 Å². The van der Waals surface area contributed by atoms with Gasteiger partial charge in [0.2, 0.25) is 5.78 Å². The zero-order valence-electron chi connectivity index (χ0n) is 10.7. The smallest absolute Gasteiger partial charge is 0.233 e. The summed E-state index contributed by atoms with van der Waals surface area (Å²) in [5.74, 6) is 0.785. The first-order valence-corrected chi connectivity index (χ1v) is 6.60. The molecule has 5 heteroatoms. The van der Waals surface area contributed by atoms with Gasteiger partial charge in [-0.05, 0) is 25.6 Å². The van der Waals surface area contributed by atoms with Crippen molar-refractivity contribution in [1.82, 2.24) is 24.6 Å². The molecule has 3 heterocycles. The van der Waals surface area contributed by atoms with Gasteiger partial charge in [0.25, 0.3) is 0 Å². The van der Waals surface area contributed by atoms with Gasteiger partial charge in [-0.15, -0.1) is 0 Å². The molecule has 1 aliphatic rings. The molecule has 1 unspecified atom stereocenters. The van der Waals surface area contributed by atoms with Gasteiger partial charge in [-0.2, -0.15) is 0 Å². The Bertz CT molecular complexity index is 482. The Labute approximate surface area is 107 Å². The molecular formula is C13H19N5. The molecule has 0 aliphatic carbocycles. The quantitative estimate of drug-likeness (QED) is 0.870. The molecule has 0 aromatic carbocycles. The van der Waals surface area contributed by atoms with Gasteiger partial charge in [-0.1, -0.05) is 6.92 Å². The van der Waals surface area contributed by atoms with Gasteiger partial charge in [0.1, 0.15) is 0 Å². The molecule has 1 N–H and O–H groups in total. The molecule has 1 atom stereocenters. The van der Waals surface area contributed by atoms with E-state index in [0.29, 0.717) is 6.04 Å². The number of rotatable bonds is 4. The summed E-state index contributed by atoms with van der Waals surface area (Å²) in [5.41, 5.74) is 1.10. The molecule has 0 saturated carbocycles. The normalized spacial score (nSPS) is 20.0. The molecule has 96 valence electrons. The van der Waals surface area contributed by atoms with Crippen molar-refractivity contribution >= 4 is 5.78 Å². The number of nitrogens with one attached hydrogen (secondary N) is 1. The zero-order valence-corrected chi connectivity index (χ0v) is 10.7. The van der Waals surface area contributed by atoms with Crippen LogP contribution in [-0.2, 0) is 6.54 Å². The van der Waals surface area contributed by atoms with E-state index in [2.05, 4.69) is 33.3 Å².